The Hall–Kier alpha value is -4.58. The molecule has 1 unspecified atom stereocenters. The van der Waals surface area contributed by atoms with E-state index in [-0.39, 0.29) is 39.5 Å². The normalized spacial score (nSPS) is 14.9. The second-order valence-corrected chi connectivity index (χ2v) is 9.13. The van der Waals surface area contributed by atoms with E-state index < -0.39 is 28.5 Å². The summed E-state index contributed by atoms with van der Waals surface area (Å²) in [5.74, 6) is -0.791. The molecule has 0 radical (unpaired) electrons. The third kappa shape index (κ3) is 4.98. The fourth-order valence-electron chi connectivity index (χ4n) is 4.12. The molecule has 1 aromatic heterocycles. The molecule has 4 rings (SSSR count). The number of methoxy groups -OCH3 is 1. The van der Waals surface area contributed by atoms with Crippen LogP contribution in [0.5, 0.6) is 11.5 Å². The molecule has 0 spiro atoms. The maximum atomic E-state index is 13.7. The van der Waals surface area contributed by atoms with Gasteiger partial charge in [0.1, 0.15) is 0 Å². The lowest BCUT2D eigenvalue weighted by Crippen LogP contribution is -2.40. The van der Waals surface area contributed by atoms with Crippen molar-refractivity contribution < 1.29 is 28.7 Å². The van der Waals surface area contributed by atoms with Crippen LogP contribution in [-0.4, -0.2) is 35.1 Å². The van der Waals surface area contributed by atoms with Crippen molar-refractivity contribution in [1.29, 1.82) is 0 Å². The van der Waals surface area contributed by atoms with Gasteiger partial charge in [-0.05, 0) is 43.7 Å². The van der Waals surface area contributed by atoms with Crippen LogP contribution in [0.2, 0.25) is 0 Å². The number of nitrogens with zero attached hydrogens (tertiary/aromatic N) is 3. The number of allylic oxidation sites excluding steroid dienone is 1. The number of thiazole rings is 1. The van der Waals surface area contributed by atoms with Gasteiger partial charge in [0, 0.05) is 13.0 Å². The summed E-state index contributed by atoms with van der Waals surface area (Å²) in [6.07, 6.45) is 1.44. The SMILES string of the molecule is CCOC(=O)C1=C(C)N=c2s/c(=C\c3ccccc3[N+](=O)[O-])c(=O)n2C1c1ccc(OC(C)=O)c(OC)c1. The number of ether oxygens (including phenoxy) is 3. The van der Waals surface area contributed by atoms with Crippen molar-refractivity contribution in [3.8, 4) is 11.5 Å². The zero-order valence-electron chi connectivity index (χ0n) is 20.9. The minimum atomic E-state index is -0.946. The number of nitro groups is 1. The number of carbonyl (C=O) groups is 2. The van der Waals surface area contributed by atoms with Gasteiger partial charge in [0.2, 0.25) is 0 Å². The first kappa shape index (κ1) is 26.5. The molecule has 1 aliphatic heterocycles. The number of hydrogen-bond acceptors (Lipinski definition) is 10. The fraction of sp³-hybridized carbons (Fsp3) is 0.231. The number of carbonyl (C=O) groups excluding carboxylic acids is 2. The minimum Gasteiger partial charge on any atom is -0.493 e. The zero-order valence-corrected chi connectivity index (χ0v) is 21.7. The third-order valence-electron chi connectivity index (χ3n) is 5.69. The highest BCUT2D eigenvalue weighted by atomic mass is 32.1. The van der Waals surface area contributed by atoms with Crippen molar-refractivity contribution in [2.24, 2.45) is 4.99 Å². The maximum Gasteiger partial charge on any atom is 0.338 e. The van der Waals surface area contributed by atoms with Gasteiger partial charge in [-0.3, -0.25) is 24.3 Å². The Morgan fingerprint density at radius 2 is 1.95 bits per heavy atom. The predicted octanol–water partition coefficient (Wildman–Crippen LogP) is 2.64. The van der Waals surface area contributed by atoms with E-state index in [1.165, 1.54) is 36.8 Å². The highest BCUT2D eigenvalue weighted by Crippen LogP contribution is 2.36. The largest absolute Gasteiger partial charge is 0.493 e. The molecule has 2 aromatic carbocycles. The first-order valence-electron chi connectivity index (χ1n) is 11.5. The standard InChI is InChI=1S/C26H23N3O8S/c1-5-36-25(32)22-14(2)27-26-28(23(22)17-10-11-19(37-15(3)30)20(12-17)35-4)24(31)21(38-26)13-16-8-6-7-9-18(16)29(33)34/h6-13,23H,5H2,1-4H3/b21-13-. The average Bonchev–Trinajstić information content (AvgIpc) is 3.17. The van der Waals surface area contributed by atoms with E-state index in [2.05, 4.69) is 4.99 Å². The molecule has 1 aliphatic rings. The van der Waals surface area contributed by atoms with Crippen LogP contribution in [0.4, 0.5) is 5.69 Å². The molecule has 0 saturated carbocycles. The van der Waals surface area contributed by atoms with Crippen molar-refractivity contribution >= 4 is 35.0 Å². The molecule has 0 amide bonds. The highest BCUT2D eigenvalue weighted by molar-refractivity contribution is 7.07. The molecule has 0 N–H and O–H groups in total. The molecule has 3 aromatic rings. The van der Waals surface area contributed by atoms with Crippen LogP contribution >= 0.6 is 11.3 Å². The summed E-state index contributed by atoms with van der Waals surface area (Å²) in [4.78, 5) is 54.1. The summed E-state index contributed by atoms with van der Waals surface area (Å²) < 4.78 is 17.4. The average molecular weight is 538 g/mol. The molecule has 0 aliphatic carbocycles. The molecule has 1 atom stereocenters. The van der Waals surface area contributed by atoms with Crippen molar-refractivity contribution in [1.82, 2.24) is 4.57 Å². The quantitative estimate of drug-likeness (QED) is 0.194. The molecule has 0 saturated heterocycles. The summed E-state index contributed by atoms with van der Waals surface area (Å²) in [6, 6.07) is 9.82. The van der Waals surface area contributed by atoms with Crippen LogP contribution in [0.3, 0.4) is 0 Å². The number of rotatable bonds is 7. The van der Waals surface area contributed by atoms with Gasteiger partial charge in [0.05, 0.1) is 46.0 Å². The Labute approximate surface area is 220 Å². The number of hydrogen-bond donors (Lipinski definition) is 0. The van der Waals surface area contributed by atoms with Crippen LogP contribution in [0.15, 0.2) is 63.5 Å². The first-order chi connectivity index (χ1) is 18.2. The smallest absolute Gasteiger partial charge is 0.338 e. The molecule has 11 nitrogen and oxygen atoms in total. The second kappa shape index (κ2) is 10.8. The van der Waals surface area contributed by atoms with Crippen LogP contribution in [0.1, 0.15) is 37.9 Å². The van der Waals surface area contributed by atoms with Crippen molar-refractivity contribution in [2.75, 3.05) is 13.7 Å². The molecule has 0 fully saturated rings. The second-order valence-electron chi connectivity index (χ2n) is 8.12. The minimum absolute atomic E-state index is 0.110. The predicted molar refractivity (Wildman–Crippen MR) is 138 cm³/mol. The topological polar surface area (TPSA) is 139 Å². The molecular formula is C26H23N3O8S. The molecule has 196 valence electrons. The van der Waals surface area contributed by atoms with E-state index in [0.717, 1.165) is 11.3 Å². The molecular weight excluding hydrogens is 514 g/mol. The lowest BCUT2D eigenvalue weighted by atomic mass is 9.95. The van der Waals surface area contributed by atoms with E-state index in [1.54, 1.807) is 44.2 Å². The fourth-order valence-corrected chi connectivity index (χ4v) is 5.15. The van der Waals surface area contributed by atoms with Gasteiger partial charge in [0.15, 0.2) is 16.3 Å². The van der Waals surface area contributed by atoms with Crippen molar-refractivity contribution in [3.05, 3.63) is 94.7 Å². The van der Waals surface area contributed by atoms with E-state index in [9.17, 15) is 24.5 Å². The van der Waals surface area contributed by atoms with Gasteiger partial charge in [-0.15, -0.1) is 0 Å². The van der Waals surface area contributed by atoms with Crippen LogP contribution in [0.25, 0.3) is 6.08 Å². The lowest BCUT2D eigenvalue weighted by molar-refractivity contribution is -0.385. The highest BCUT2D eigenvalue weighted by Gasteiger charge is 2.34. The van der Waals surface area contributed by atoms with Gasteiger partial charge in [-0.2, -0.15) is 0 Å². The Morgan fingerprint density at radius 1 is 1.21 bits per heavy atom. The molecule has 38 heavy (non-hydrogen) atoms. The molecule has 2 heterocycles. The van der Waals surface area contributed by atoms with Crippen LogP contribution in [-0.2, 0) is 14.3 Å². The Bertz CT molecular complexity index is 1670. The molecule has 12 heteroatoms. The van der Waals surface area contributed by atoms with Crippen LogP contribution < -0.4 is 24.4 Å². The lowest BCUT2D eigenvalue weighted by Gasteiger charge is -2.25. The van der Waals surface area contributed by atoms with Gasteiger partial charge >= 0.3 is 11.9 Å². The van der Waals surface area contributed by atoms with Gasteiger partial charge in [-0.1, -0.05) is 29.5 Å². The molecule has 0 bridgehead atoms. The Balaban J connectivity index is 1.98. The van der Waals surface area contributed by atoms with Crippen LogP contribution in [0, 0.1) is 10.1 Å². The summed E-state index contributed by atoms with van der Waals surface area (Å²) >= 11 is 1.05. The monoisotopic (exact) mass is 537 g/mol. The Morgan fingerprint density at radius 3 is 2.61 bits per heavy atom. The van der Waals surface area contributed by atoms with Gasteiger partial charge < -0.3 is 14.2 Å². The van der Waals surface area contributed by atoms with E-state index in [0.29, 0.717) is 16.1 Å². The van der Waals surface area contributed by atoms with E-state index in [1.807, 2.05) is 0 Å². The van der Waals surface area contributed by atoms with E-state index >= 15 is 0 Å². The van der Waals surface area contributed by atoms with E-state index in [4.69, 9.17) is 14.2 Å². The number of esters is 2. The summed E-state index contributed by atoms with van der Waals surface area (Å²) in [5, 5.41) is 11.5. The van der Waals surface area contributed by atoms with Crippen molar-refractivity contribution in [2.45, 2.75) is 26.8 Å². The maximum absolute atomic E-state index is 13.7. The number of para-hydroxylation sites is 1. The zero-order chi connectivity index (χ0) is 27.6. The summed E-state index contributed by atoms with van der Waals surface area (Å²) in [5.41, 5.74) is 0.605. The number of benzene rings is 2. The number of aromatic nitrogens is 1. The van der Waals surface area contributed by atoms with Gasteiger partial charge in [0.25, 0.3) is 11.2 Å². The first-order valence-corrected chi connectivity index (χ1v) is 12.3. The van der Waals surface area contributed by atoms with Gasteiger partial charge in [-0.25, -0.2) is 9.79 Å². The number of nitro benzene ring substituents is 1. The Kier molecular flexibility index (Phi) is 7.53. The number of fused-ring (bicyclic) bond motifs is 1. The summed E-state index contributed by atoms with van der Waals surface area (Å²) in [6.45, 7) is 4.68. The van der Waals surface area contributed by atoms with Crippen molar-refractivity contribution in [3.63, 3.8) is 0 Å². The summed E-state index contributed by atoms with van der Waals surface area (Å²) in [7, 11) is 1.40. The third-order valence-corrected chi connectivity index (χ3v) is 6.68.